The normalized spacial score (nSPS) is 12.1. The van der Waals surface area contributed by atoms with E-state index in [9.17, 15) is 4.79 Å². The average Bonchev–Trinajstić information content (AvgIpc) is 3.44. The number of furan rings is 1. The Morgan fingerprint density at radius 3 is 2.79 bits per heavy atom. The number of thiophene rings is 1. The third-order valence-electron chi connectivity index (χ3n) is 4.46. The Labute approximate surface area is 170 Å². The minimum atomic E-state index is -0.262. The first-order valence-corrected chi connectivity index (χ1v) is 9.97. The van der Waals surface area contributed by atoms with Gasteiger partial charge in [-0.3, -0.25) is 4.79 Å². The highest BCUT2D eigenvalue weighted by atomic mass is 35.5. The minimum absolute atomic E-state index is 0.0668. The van der Waals surface area contributed by atoms with E-state index in [1.54, 1.807) is 30.6 Å². The third kappa shape index (κ3) is 3.61. The van der Waals surface area contributed by atoms with E-state index < -0.39 is 0 Å². The Morgan fingerprint density at radius 1 is 1.21 bits per heavy atom. The van der Waals surface area contributed by atoms with Crippen LogP contribution < -0.4 is 5.32 Å². The quantitative estimate of drug-likeness (QED) is 0.452. The molecule has 5 nitrogen and oxygen atoms in total. The Hall–Kier alpha value is -2.83. The van der Waals surface area contributed by atoms with E-state index in [1.807, 2.05) is 47.8 Å². The van der Waals surface area contributed by atoms with Crippen molar-refractivity contribution in [2.45, 2.75) is 12.8 Å². The third-order valence-corrected chi connectivity index (χ3v) is 5.77. The van der Waals surface area contributed by atoms with Gasteiger partial charge in [-0.05, 0) is 36.6 Å². The molecule has 0 aliphatic heterocycles. The fourth-order valence-electron chi connectivity index (χ4n) is 3.08. The van der Waals surface area contributed by atoms with Crippen LogP contribution in [0, 0.1) is 6.92 Å². The lowest BCUT2D eigenvalue weighted by Crippen LogP contribution is -2.29. The number of nitrogens with one attached hydrogen (secondary N) is 1. The molecule has 3 aromatic heterocycles. The van der Waals surface area contributed by atoms with Gasteiger partial charge < -0.3 is 14.3 Å². The van der Waals surface area contributed by atoms with Gasteiger partial charge in [-0.1, -0.05) is 41.0 Å². The molecule has 0 fully saturated rings. The van der Waals surface area contributed by atoms with Crippen molar-refractivity contribution in [2.75, 3.05) is 6.54 Å². The second kappa shape index (κ2) is 8.04. The van der Waals surface area contributed by atoms with Crippen LogP contribution >= 0.6 is 22.9 Å². The Bertz CT molecular complexity index is 1040. The molecule has 4 rings (SSSR count). The molecule has 1 aromatic carbocycles. The molecule has 0 bridgehead atoms. The maximum atomic E-state index is 13.0. The molecule has 0 radical (unpaired) electrons. The number of halogens is 1. The van der Waals surface area contributed by atoms with Gasteiger partial charge in [0.2, 0.25) is 0 Å². The van der Waals surface area contributed by atoms with Gasteiger partial charge >= 0.3 is 0 Å². The number of aryl methyl sites for hydroxylation is 1. The van der Waals surface area contributed by atoms with Gasteiger partial charge in [0.15, 0.2) is 0 Å². The molecule has 1 atom stereocenters. The lowest BCUT2D eigenvalue weighted by Gasteiger charge is -2.14. The van der Waals surface area contributed by atoms with Crippen LogP contribution in [0.25, 0.3) is 11.3 Å². The number of carbonyl (C=O) groups is 1. The van der Waals surface area contributed by atoms with Crippen molar-refractivity contribution in [3.05, 3.63) is 87.2 Å². The van der Waals surface area contributed by atoms with Crippen molar-refractivity contribution in [1.29, 1.82) is 0 Å². The molecule has 142 valence electrons. The zero-order chi connectivity index (χ0) is 19.5. The second-order valence-corrected chi connectivity index (χ2v) is 7.62. The summed E-state index contributed by atoms with van der Waals surface area (Å²) in [5.41, 5.74) is 1.48. The highest BCUT2D eigenvalue weighted by Gasteiger charge is 2.25. The average molecular weight is 413 g/mol. The van der Waals surface area contributed by atoms with Gasteiger partial charge in [-0.25, -0.2) is 0 Å². The highest BCUT2D eigenvalue weighted by Crippen LogP contribution is 2.32. The van der Waals surface area contributed by atoms with E-state index in [0.29, 0.717) is 34.1 Å². The van der Waals surface area contributed by atoms with E-state index in [2.05, 4.69) is 10.5 Å². The van der Waals surface area contributed by atoms with Gasteiger partial charge in [-0.2, -0.15) is 0 Å². The van der Waals surface area contributed by atoms with Crippen molar-refractivity contribution in [3.8, 4) is 11.3 Å². The number of carbonyl (C=O) groups excluding carboxylic acids is 1. The summed E-state index contributed by atoms with van der Waals surface area (Å²) < 4.78 is 10.9. The number of aromatic nitrogens is 1. The fourth-order valence-corrected chi connectivity index (χ4v) is 4.14. The first-order valence-electron chi connectivity index (χ1n) is 8.71. The maximum absolute atomic E-state index is 13.0. The number of hydrogen-bond donors (Lipinski definition) is 1. The van der Waals surface area contributed by atoms with E-state index in [1.165, 1.54) is 0 Å². The van der Waals surface area contributed by atoms with Crippen LogP contribution in [0.1, 0.15) is 32.7 Å². The fraction of sp³-hybridized carbons (Fsp3) is 0.143. The summed E-state index contributed by atoms with van der Waals surface area (Å²) in [7, 11) is 0. The first-order chi connectivity index (χ1) is 13.6. The van der Waals surface area contributed by atoms with Crippen molar-refractivity contribution >= 4 is 28.8 Å². The van der Waals surface area contributed by atoms with Crippen LogP contribution in [0.4, 0.5) is 0 Å². The van der Waals surface area contributed by atoms with Crippen LogP contribution in [0.2, 0.25) is 5.02 Å². The summed E-state index contributed by atoms with van der Waals surface area (Å²) in [6.07, 6.45) is 1.64. The van der Waals surface area contributed by atoms with Crippen molar-refractivity contribution in [3.63, 3.8) is 0 Å². The number of rotatable bonds is 6. The lowest BCUT2D eigenvalue weighted by atomic mass is 10.0. The number of hydrogen-bond acceptors (Lipinski definition) is 5. The van der Waals surface area contributed by atoms with E-state index in [0.717, 1.165) is 10.6 Å². The standard InChI is InChI=1S/C21H17ClN2O3S/c1-13-19(20(24-27-13)14-6-2-3-7-16(14)22)21(25)23-12-15(17-8-4-10-26-17)18-9-5-11-28-18/h2-11,15H,12H2,1H3,(H,23,25)/t15-/m0/s1. The van der Waals surface area contributed by atoms with Gasteiger partial charge in [0.25, 0.3) is 5.91 Å². The van der Waals surface area contributed by atoms with Crippen LogP contribution in [-0.4, -0.2) is 17.6 Å². The molecule has 0 saturated carbocycles. The van der Waals surface area contributed by atoms with E-state index in [-0.39, 0.29) is 11.8 Å². The molecule has 0 saturated heterocycles. The van der Waals surface area contributed by atoms with Crippen molar-refractivity contribution in [1.82, 2.24) is 10.5 Å². The summed E-state index contributed by atoms with van der Waals surface area (Å²) in [5.74, 6) is 0.916. The molecule has 7 heteroatoms. The van der Waals surface area contributed by atoms with Crippen LogP contribution in [0.3, 0.4) is 0 Å². The highest BCUT2D eigenvalue weighted by molar-refractivity contribution is 7.10. The molecule has 0 spiro atoms. The number of benzene rings is 1. The predicted octanol–water partition coefficient (Wildman–Crippen LogP) is 5.52. The molecule has 4 aromatic rings. The van der Waals surface area contributed by atoms with E-state index >= 15 is 0 Å². The zero-order valence-corrected chi connectivity index (χ0v) is 16.6. The molecular weight excluding hydrogens is 396 g/mol. The maximum Gasteiger partial charge on any atom is 0.257 e. The summed E-state index contributed by atoms with van der Waals surface area (Å²) in [6.45, 7) is 2.10. The van der Waals surface area contributed by atoms with Crippen LogP contribution in [-0.2, 0) is 0 Å². The monoisotopic (exact) mass is 412 g/mol. The molecular formula is C21H17ClN2O3S. The van der Waals surface area contributed by atoms with Crippen LogP contribution in [0.15, 0.2) is 69.1 Å². The minimum Gasteiger partial charge on any atom is -0.469 e. The molecule has 3 heterocycles. The smallest absolute Gasteiger partial charge is 0.257 e. The molecule has 0 aliphatic rings. The summed E-state index contributed by atoms with van der Waals surface area (Å²) >= 11 is 7.91. The lowest BCUT2D eigenvalue weighted by molar-refractivity contribution is 0.0951. The molecule has 0 aliphatic carbocycles. The zero-order valence-electron chi connectivity index (χ0n) is 15.0. The molecule has 1 N–H and O–H groups in total. The molecule has 28 heavy (non-hydrogen) atoms. The van der Waals surface area contributed by atoms with Gasteiger partial charge in [0.05, 0.1) is 17.2 Å². The number of amides is 1. The number of nitrogens with zero attached hydrogens (tertiary/aromatic N) is 1. The molecule has 1 amide bonds. The van der Waals surface area contributed by atoms with Gasteiger partial charge in [-0.15, -0.1) is 11.3 Å². The predicted molar refractivity (Wildman–Crippen MR) is 109 cm³/mol. The van der Waals surface area contributed by atoms with Crippen LogP contribution in [0.5, 0.6) is 0 Å². The Kier molecular flexibility index (Phi) is 5.32. The van der Waals surface area contributed by atoms with E-state index in [4.69, 9.17) is 20.5 Å². The van der Waals surface area contributed by atoms with Gasteiger partial charge in [0, 0.05) is 17.0 Å². The topological polar surface area (TPSA) is 68.3 Å². The Balaban J connectivity index is 1.59. The van der Waals surface area contributed by atoms with Crippen molar-refractivity contribution < 1.29 is 13.7 Å². The van der Waals surface area contributed by atoms with Crippen molar-refractivity contribution in [2.24, 2.45) is 0 Å². The Morgan fingerprint density at radius 2 is 2.07 bits per heavy atom. The summed E-state index contributed by atoms with van der Waals surface area (Å²) in [5, 5.41) is 9.57. The van der Waals surface area contributed by atoms with Gasteiger partial charge in [0.1, 0.15) is 22.8 Å². The second-order valence-electron chi connectivity index (χ2n) is 6.24. The largest absolute Gasteiger partial charge is 0.469 e. The summed E-state index contributed by atoms with van der Waals surface area (Å²) in [6, 6.07) is 15.0. The first kappa shape index (κ1) is 18.5. The SMILES string of the molecule is Cc1onc(-c2ccccc2Cl)c1C(=O)NC[C@@H](c1ccco1)c1cccs1. The summed E-state index contributed by atoms with van der Waals surface area (Å²) in [4.78, 5) is 14.1. The molecule has 0 unspecified atom stereocenters.